The standard InChI is InChI=1S/C24H29ClFN3O3/c1-24(2,3)32-23(31)29-12-10-19(11-13-29)28(4)22(30)27-18-8-9-20(21(25)15-18)16-6-5-7-17(26)14-16/h5-9,14-15,19H,10-13H2,1-4H3,(H,27,30). The van der Waals surface area contributed by atoms with Crippen molar-refractivity contribution in [2.75, 3.05) is 25.5 Å². The van der Waals surface area contributed by atoms with Crippen LogP contribution in [-0.2, 0) is 4.74 Å². The first-order valence-corrected chi connectivity index (χ1v) is 11.0. The fourth-order valence-corrected chi connectivity index (χ4v) is 3.91. The molecule has 0 aromatic heterocycles. The highest BCUT2D eigenvalue weighted by atomic mass is 35.5. The van der Waals surface area contributed by atoms with E-state index in [0.29, 0.717) is 47.8 Å². The van der Waals surface area contributed by atoms with Crippen molar-refractivity contribution in [3.05, 3.63) is 53.3 Å². The summed E-state index contributed by atoms with van der Waals surface area (Å²) in [6.07, 6.45) is 1.02. The number of nitrogens with zero attached hydrogens (tertiary/aromatic N) is 2. The van der Waals surface area contributed by atoms with E-state index in [4.69, 9.17) is 16.3 Å². The van der Waals surface area contributed by atoms with Gasteiger partial charge >= 0.3 is 12.1 Å². The molecule has 1 fully saturated rings. The van der Waals surface area contributed by atoms with Crippen molar-refractivity contribution in [1.82, 2.24) is 9.80 Å². The predicted octanol–water partition coefficient (Wildman–Crippen LogP) is 6.01. The lowest BCUT2D eigenvalue weighted by Gasteiger charge is -2.37. The maximum atomic E-state index is 13.5. The summed E-state index contributed by atoms with van der Waals surface area (Å²) < 4.78 is 18.9. The van der Waals surface area contributed by atoms with E-state index in [1.54, 1.807) is 47.2 Å². The topological polar surface area (TPSA) is 61.9 Å². The second kappa shape index (κ2) is 9.77. The van der Waals surface area contributed by atoms with Gasteiger partial charge in [-0.05, 0) is 63.4 Å². The number of amides is 3. The van der Waals surface area contributed by atoms with E-state index in [9.17, 15) is 14.0 Å². The monoisotopic (exact) mass is 461 g/mol. The Bertz CT molecular complexity index is 985. The van der Waals surface area contributed by atoms with Gasteiger partial charge in [0.05, 0.1) is 5.02 Å². The molecular formula is C24H29ClFN3O3. The van der Waals surface area contributed by atoms with Crippen LogP contribution < -0.4 is 5.32 Å². The summed E-state index contributed by atoms with van der Waals surface area (Å²) >= 11 is 6.38. The molecule has 1 aliphatic rings. The average Bonchev–Trinajstić information content (AvgIpc) is 2.72. The summed E-state index contributed by atoms with van der Waals surface area (Å²) in [4.78, 5) is 28.3. The first kappa shape index (κ1) is 23.9. The van der Waals surface area contributed by atoms with Crippen LogP contribution in [0.2, 0.25) is 5.02 Å². The Kier molecular flexibility index (Phi) is 7.29. The number of hydrogen-bond acceptors (Lipinski definition) is 3. The Morgan fingerprint density at radius 2 is 1.84 bits per heavy atom. The molecule has 2 aromatic rings. The molecule has 0 saturated carbocycles. The second-order valence-corrected chi connectivity index (χ2v) is 9.35. The van der Waals surface area contributed by atoms with Gasteiger partial charge in [0, 0.05) is 37.4 Å². The summed E-state index contributed by atoms with van der Waals surface area (Å²) in [5, 5.41) is 3.28. The third kappa shape index (κ3) is 6.13. The Balaban J connectivity index is 1.57. The second-order valence-electron chi connectivity index (χ2n) is 8.94. The molecule has 1 N–H and O–H groups in total. The van der Waals surface area contributed by atoms with Gasteiger partial charge in [0.25, 0.3) is 0 Å². The van der Waals surface area contributed by atoms with Crippen LogP contribution in [0.25, 0.3) is 11.1 Å². The van der Waals surface area contributed by atoms with Gasteiger partial charge in [-0.3, -0.25) is 0 Å². The van der Waals surface area contributed by atoms with Crippen LogP contribution in [0.3, 0.4) is 0 Å². The van der Waals surface area contributed by atoms with Crippen LogP contribution in [0, 0.1) is 5.82 Å². The summed E-state index contributed by atoms with van der Waals surface area (Å²) in [5.41, 5.74) is 1.38. The van der Waals surface area contributed by atoms with Gasteiger partial charge in [-0.1, -0.05) is 29.8 Å². The van der Waals surface area contributed by atoms with Gasteiger partial charge in [-0.15, -0.1) is 0 Å². The molecule has 3 amide bonds. The smallest absolute Gasteiger partial charge is 0.410 e. The largest absolute Gasteiger partial charge is 0.444 e. The summed E-state index contributed by atoms with van der Waals surface area (Å²) in [7, 11) is 1.74. The lowest BCUT2D eigenvalue weighted by Crippen LogP contribution is -2.49. The van der Waals surface area contributed by atoms with Crippen LogP contribution in [0.5, 0.6) is 0 Å². The third-order valence-corrected chi connectivity index (χ3v) is 5.65. The number of hydrogen-bond donors (Lipinski definition) is 1. The number of anilines is 1. The zero-order chi connectivity index (χ0) is 23.5. The van der Waals surface area contributed by atoms with Crippen molar-refractivity contribution in [3.8, 4) is 11.1 Å². The maximum Gasteiger partial charge on any atom is 0.410 e. The molecule has 1 heterocycles. The Labute approximate surface area is 193 Å². The lowest BCUT2D eigenvalue weighted by molar-refractivity contribution is 0.0174. The quantitative estimate of drug-likeness (QED) is 0.608. The highest BCUT2D eigenvalue weighted by Crippen LogP contribution is 2.31. The summed E-state index contributed by atoms with van der Waals surface area (Å²) in [5.74, 6) is -0.338. The van der Waals surface area contributed by atoms with Crippen molar-refractivity contribution in [2.45, 2.75) is 45.3 Å². The minimum atomic E-state index is -0.532. The van der Waals surface area contributed by atoms with Crippen molar-refractivity contribution in [1.29, 1.82) is 0 Å². The predicted molar refractivity (Wildman–Crippen MR) is 124 cm³/mol. The average molecular weight is 462 g/mol. The van der Waals surface area contributed by atoms with Crippen LogP contribution in [-0.4, -0.2) is 53.7 Å². The number of carbonyl (C=O) groups is 2. The number of ether oxygens (including phenoxy) is 1. The highest BCUT2D eigenvalue weighted by Gasteiger charge is 2.30. The molecule has 0 spiro atoms. The molecular weight excluding hydrogens is 433 g/mol. The van der Waals surface area contributed by atoms with Crippen molar-refractivity contribution in [3.63, 3.8) is 0 Å². The van der Waals surface area contributed by atoms with Crippen molar-refractivity contribution >= 4 is 29.4 Å². The first-order valence-electron chi connectivity index (χ1n) is 10.6. The molecule has 2 aromatic carbocycles. The SMILES string of the molecule is CN(C(=O)Nc1ccc(-c2cccc(F)c2)c(Cl)c1)C1CCN(C(=O)OC(C)(C)C)CC1. The number of rotatable bonds is 3. The molecule has 0 radical (unpaired) electrons. The number of likely N-dealkylation sites (tertiary alicyclic amines) is 1. The minimum absolute atomic E-state index is 0.00993. The normalized spacial score (nSPS) is 14.8. The molecule has 0 aliphatic carbocycles. The van der Waals surface area contributed by atoms with Crippen molar-refractivity contribution in [2.24, 2.45) is 0 Å². The number of urea groups is 1. The zero-order valence-corrected chi connectivity index (χ0v) is 19.6. The molecule has 172 valence electrons. The summed E-state index contributed by atoms with van der Waals surface area (Å²) in [6.45, 7) is 6.59. The van der Waals surface area contributed by atoms with Gasteiger partial charge < -0.3 is 19.9 Å². The number of benzene rings is 2. The molecule has 3 rings (SSSR count). The van der Waals surface area contributed by atoms with Crippen LogP contribution in [0.4, 0.5) is 19.7 Å². The van der Waals surface area contributed by atoms with Crippen LogP contribution in [0.15, 0.2) is 42.5 Å². The van der Waals surface area contributed by atoms with Gasteiger partial charge in [0.2, 0.25) is 0 Å². The molecule has 8 heteroatoms. The van der Waals surface area contributed by atoms with E-state index >= 15 is 0 Å². The molecule has 1 saturated heterocycles. The minimum Gasteiger partial charge on any atom is -0.444 e. The van der Waals surface area contributed by atoms with Gasteiger partial charge in [0.15, 0.2) is 0 Å². The maximum absolute atomic E-state index is 13.5. The molecule has 0 bridgehead atoms. The first-order chi connectivity index (χ1) is 15.0. The Morgan fingerprint density at radius 3 is 2.44 bits per heavy atom. The van der Waals surface area contributed by atoms with E-state index in [0.717, 1.165) is 0 Å². The molecule has 0 atom stereocenters. The Hall–Kier alpha value is -2.80. The van der Waals surface area contributed by atoms with Gasteiger partial charge in [0.1, 0.15) is 11.4 Å². The van der Waals surface area contributed by atoms with E-state index in [1.165, 1.54) is 12.1 Å². The van der Waals surface area contributed by atoms with Gasteiger partial charge in [-0.25, -0.2) is 14.0 Å². The molecule has 0 unspecified atom stereocenters. The molecule has 32 heavy (non-hydrogen) atoms. The van der Waals surface area contributed by atoms with E-state index < -0.39 is 5.60 Å². The van der Waals surface area contributed by atoms with Crippen LogP contribution >= 0.6 is 11.6 Å². The molecule has 1 aliphatic heterocycles. The Morgan fingerprint density at radius 1 is 1.16 bits per heavy atom. The van der Waals surface area contributed by atoms with E-state index in [2.05, 4.69) is 5.32 Å². The van der Waals surface area contributed by atoms with Gasteiger partial charge in [-0.2, -0.15) is 0 Å². The number of carbonyl (C=O) groups excluding carboxylic acids is 2. The fraction of sp³-hybridized carbons (Fsp3) is 0.417. The fourth-order valence-electron chi connectivity index (χ4n) is 3.62. The number of halogens is 2. The molecule has 6 nitrogen and oxygen atoms in total. The van der Waals surface area contributed by atoms with Crippen LogP contribution in [0.1, 0.15) is 33.6 Å². The lowest BCUT2D eigenvalue weighted by atomic mass is 10.0. The van der Waals surface area contributed by atoms with Crippen molar-refractivity contribution < 1.29 is 18.7 Å². The van der Waals surface area contributed by atoms with E-state index in [-0.39, 0.29) is 24.0 Å². The zero-order valence-electron chi connectivity index (χ0n) is 18.8. The number of piperidine rings is 1. The summed E-state index contributed by atoms with van der Waals surface area (Å²) in [6, 6.07) is 11.1. The van der Waals surface area contributed by atoms with E-state index in [1.807, 2.05) is 20.8 Å². The number of nitrogens with one attached hydrogen (secondary N) is 1. The third-order valence-electron chi connectivity index (χ3n) is 5.34. The highest BCUT2D eigenvalue weighted by molar-refractivity contribution is 6.33.